The van der Waals surface area contributed by atoms with Gasteiger partial charge in [0.15, 0.2) is 0 Å². The Hall–Kier alpha value is -2.40. The highest BCUT2D eigenvalue weighted by Crippen LogP contribution is 2.28. The van der Waals surface area contributed by atoms with Crippen LogP contribution in [0.15, 0.2) is 47.8 Å². The Morgan fingerprint density at radius 2 is 2.14 bits per heavy atom. The number of fused-ring (bicyclic) bond motifs is 2. The van der Waals surface area contributed by atoms with E-state index < -0.39 is 0 Å². The molecule has 104 valence electrons. The van der Waals surface area contributed by atoms with Crippen LogP contribution in [0, 0.1) is 0 Å². The first kappa shape index (κ1) is 12.3. The van der Waals surface area contributed by atoms with Crippen molar-refractivity contribution in [2.24, 2.45) is 0 Å². The fraction of sp³-hybridized carbons (Fsp3) is 0.125. The molecule has 0 bridgehead atoms. The monoisotopic (exact) mass is 296 g/mol. The summed E-state index contributed by atoms with van der Waals surface area (Å²) in [7, 11) is 0. The zero-order chi connectivity index (χ0) is 14.2. The summed E-state index contributed by atoms with van der Waals surface area (Å²) in [6.45, 7) is 1.10. The van der Waals surface area contributed by atoms with Crippen molar-refractivity contribution in [1.82, 2.24) is 9.88 Å². The molecule has 4 rings (SSSR count). The molecule has 5 heteroatoms. The van der Waals surface area contributed by atoms with Crippen LogP contribution in [-0.2, 0) is 13.1 Å². The molecule has 3 heterocycles. The van der Waals surface area contributed by atoms with E-state index >= 15 is 0 Å². The number of amides is 1. The van der Waals surface area contributed by atoms with Gasteiger partial charge in [-0.15, -0.1) is 11.3 Å². The average Bonchev–Trinajstić information content (AvgIpc) is 2.99. The number of para-hydroxylation sites is 1. The summed E-state index contributed by atoms with van der Waals surface area (Å²) in [5.74, 6) is 0.432. The second kappa shape index (κ2) is 4.86. The number of hydrogen-bond acceptors (Lipinski definition) is 4. The first-order valence-electron chi connectivity index (χ1n) is 6.67. The van der Waals surface area contributed by atoms with Crippen molar-refractivity contribution in [2.75, 3.05) is 0 Å². The summed E-state index contributed by atoms with van der Waals surface area (Å²) < 4.78 is 5.38. The number of rotatable bonds is 2. The van der Waals surface area contributed by atoms with E-state index in [0.29, 0.717) is 19.0 Å². The van der Waals surface area contributed by atoms with E-state index in [1.807, 2.05) is 47.8 Å². The van der Waals surface area contributed by atoms with Gasteiger partial charge in [0.05, 0.1) is 18.6 Å². The van der Waals surface area contributed by atoms with Crippen LogP contribution < -0.4 is 4.74 Å². The lowest BCUT2D eigenvalue weighted by molar-refractivity contribution is 0.133. The lowest BCUT2D eigenvalue weighted by Gasteiger charge is -2.27. The first-order valence-corrected chi connectivity index (χ1v) is 7.55. The van der Waals surface area contributed by atoms with Gasteiger partial charge in [-0.2, -0.15) is 0 Å². The third kappa shape index (κ3) is 2.25. The summed E-state index contributed by atoms with van der Waals surface area (Å²) in [6, 6.07) is 13.9. The van der Waals surface area contributed by atoms with Gasteiger partial charge in [0, 0.05) is 15.8 Å². The summed E-state index contributed by atoms with van der Waals surface area (Å²) in [4.78, 5) is 19.4. The van der Waals surface area contributed by atoms with Crippen LogP contribution in [-0.4, -0.2) is 16.0 Å². The smallest absolute Gasteiger partial charge is 0.391 e. The molecule has 2 aromatic heterocycles. The zero-order valence-electron chi connectivity index (χ0n) is 11.2. The Bertz CT molecular complexity index is 814. The SMILES string of the molecule is O=C1Oc2nc3ccccc3cc2CN1Cc1cccs1. The van der Waals surface area contributed by atoms with Crippen molar-refractivity contribution in [3.05, 3.63) is 58.3 Å². The van der Waals surface area contributed by atoms with Crippen molar-refractivity contribution < 1.29 is 9.53 Å². The summed E-state index contributed by atoms with van der Waals surface area (Å²) in [5.41, 5.74) is 1.79. The highest BCUT2D eigenvalue weighted by Gasteiger charge is 2.26. The number of carbonyl (C=O) groups is 1. The van der Waals surface area contributed by atoms with E-state index in [0.717, 1.165) is 21.3 Å². The van der Waals surface area contributed by atoms with E-state index in [1.54, 1.807) is 16.2 Å². The Morgan fingerprint density at radius 1 is 1.24 bits per heavy atom. The van der Waals surface area contributed by atoms with Crippen molar-refractivity contribution in [3.63, 3.8) is 0 Å². The predicted molar refractivity (Wildman–Crippen MR) is 81.3 cm³/mol. The molecule has 0 saturated carbocycles. The molecule has 1 amide bonds. The highest BCUT2D eigenvalue weighted by atomic mass is 32.1. The number of thiophene rings is 1. The fourth-order valence-corrected chi connectivity index (χ4v) is 3.19. The van der Waals surface area contributed by atoms with Gasteiger partial charge in [0.2, 0.25) is 5.88 Å². The van der Waals surface area contributed by atoms with Crippen LogP contribution in [0.2, 0.25) is 0 Å². The third-order valence-corrected chi connectivity index (χ3v) is 4.35. The van der Waals surface area contributed by atoms with Crippen molar-refractivity contribution in [2.45, 2.75) is 13.1 Å². The van der Waals surface area contributed by atoms with Crippen molar-refractivity contribution in [1.29, 1.82) is 0 Å². The van der Waals surface area contributed by atoms with E-state index in [-0.39, 0.29) is 6.09 Å². The molecule has 0 N–H and O–H groups in total. The quantitative estimate of drug-likeness (QED) is 0.722. The first-order chi connectivity index (χ1) is 10.3. The number of nitrogens with zero attached hydrogens (tertiary/aromatic N) is 2. The van der Waals surface area contributed by atoms with E-state index in [9.17, 15) is 4.79 Å². The average molecular weight is 296 g/mol. The Labute approximate surface area is 125 Å². The van der Waals surface area contributed by atoms with Crippen LogP contribution >= 0.6 is 11.3 Å². The lowest BCUT2D eigenvalue weighted by Crippen LogP contribution is -2.36. The maximum absolute atomic E-state index is 12.1. The Balaban J connectivity index is 1.69. The van der Waals surface area contributed by atoms with Crippen molar-refractivity contribution >= 4 is 28.3 Å². The minimum atomic E-state index is -0.335. The van der Waals surface area contributed by atoms with Crippen LogP contribution in [0.3, 0.4) is 0 Å². The number of pyridine rings is 1. The summed E-state index contributed by atoms with van der Waals surface area (Å²) in [5, 5.41) is 3.07. The second-order valence-electron chi connectivity index (χ2n) is 4.95. The van der Waals surface area contributed by atoms with E-state index in [2.05, 4.69) is 4.98 Å². The maximum Gasteiger partial charge on any atom is 0.417 e. The molecule has 1 aliphatic heterocycles. The van der Waals surface area contributed by atoms with Gasteiger partial charge in [-0.3, -0.25) is 4.90 Å². The summed E-state index contributed by atoms with van der Waals surface area (Å²) in [6.07, 6.45) is -0.335. The van der Waals surface area contributed by atoms with E-state index in [4.69, 9.17) is 4.74 Å². The van der Waals surface area contributed by atoms with Gasteiger partial charge in [0.1, 0.15) is 0 Å². The fourth-order valence-electron chi connectivity index (χ4n) is 2.47. The molecule has 0 atom stereocenters. The topological polar surface area (TPSA) is 42.4 Å². The molecule has 21 heavy (non-hydrogen) atoms. The highest BCUT2D eigenvalue weighted by molar-refractivity contribution is 7.09. The lowest BCUT2D eigenvalue weighted by atomic mass is 10.1. The molecular weight excluding hydrogens is 284 g/mol. The molecule has 0 aliphatic carbocycles. The van der Waals surface area contributed by atoms with Crippen LogP contribution in [0.4, 0.5) is 4.79 Å². The normalized spacial score (nSPS) is 14.1. The number of benzene rings is 1. The van der Waals surface area contributed by atoms with Gasteiger partial charge in [0.25, 0.3) is 0 Å². The minimum Gasteiger partial charge on any atom is -0.391 e. The standard InChI is InChI=1S/C16H12N2O2S/c19-16-18(10-13-5-3-7-21-13)9-12-8-11-4-1-2-6-14(11)17-15(12)20-16/h1-8H,9-10H2. The largest absolute Gasteiger partial charge is 0.417 e. The predicted octanol–water partition coefficient (Wildman–Crippen LogP) is 3.81. The van der Waals surface area contributed by atoms with Gasteiger partial charge < -0.3 is 4.74 Å². The molecule has 0 fully saturated rings. The number of carbonyl (C=O) groups excluding carboxylic acids is 1. The van der Waals surface area contributed by atoms with Crippen LogP contribution in [0.5, 0.6) is 5.88 Å². The Kier molecular flexibility index (Phi) is 2.86. The summed E-state index contributed by atoms with van der Waals surface area (Å²) >= 11 is 1.64. The molecular formula is C16H12N2O2S. The molecule has 4 nitrogen and oxygen atoms in total. The number of aromatic nitrogens is 1. The molecule has 0 radical (unpaired) electrons. The molecule has 0 saturated heterocycles. The molecule has 0 unspecified atom stereocenters. The minimum absolute atomic E-state index is 0.335. The van der Waals surface area contributed by atoms with Gasteiger partial charge in [-0.25, -0.2) is 9.78 Å². The Morgan fingerprint density at radius 3 is 3.00 bits per heavy atom. The van der Waals surface area contributed by atoms with Crippen LogP contribution in [0.1, 0.15) is 10.4 Å². The zero-order valence-corrected chi connectivity index (χ0v) is 12.0. The van der Waals surface area contributed by atoms with Gasteiger partial charge >= 0.3 is 6.09 Å². The van der Waals surface area contributed by atoms with Crippen molar-refractivity contribution in [3.8, 4) is 5.88 Å². The van der Waals surface area contributed by atoms with Gasteiger partial charge in [-0.1, -0.05) is 24.3 Å². The second-order valence-corrected chi connectivity index (χ2v) is 5.98. The maximum atomic E-state index is 12.1. The van der Waals surface area contributed by atoms with E-state index in [1.165, 1.54) is 0 Å². The molecule has 0 spiro atoms. The van der Waals surface area contributed by atoms with Gasteiger partial charge in [-0.05, 0) is 23.6 Å². The third-order valence-electron chi connectivity index (χ3n) is 3.49. The molecule has 1 aromatic carbocycles. The number of ether oxygens (including phenoxy) is 1. The number of hydrogen-bond donors (Lipinski definition) is 0. The van der Waals surface area contributed by atoms with Crippen LogP contribution in [0.25, 0.3) is 10.9 Å². The molecule has 1 aliphatic rings. The molecule has 3 aromatic rings.